The fourth-order valence-electron chi connectivity index (χ4n) is 1.52. The first kappa shape index (κ1) is 16.7. The lowest BCUT2D eigenvalue weighted by Gasteiger charge is -2.23. The first-order valence-corrected chi connectivity index (χ1v) is 6.67. The van der Waals surface area contributed by atoms with E-state index in [1.807, 2.05) is 13.8 Å². The van der Waals surface area contributed by atoms with Crippen LogP contribution in [0.3, 0.4) is 0 Å². The van der Waals surface area contributed by atoms with Gasteiger partial charge in [-0.3, -0.25) is 4.79 Å². The molecule has 0 atom stereocenters. The van der Waals surface area contributed by atoms with Crippen LogP contribution in [0.4, 0.5) is 4.39 Å². The molecule has 0 saturated carbocycles. The van der Waals surface area contributed by atoms with Crippen molar-refractivity contribution < 1.29 is 19.0 Å². The molecule has 0 aliphatic carbocycles. The fraction of sp³-hybridized carbons (Fsp3) is 0.500. The molecule has 20 heavy (non-hydrogen) atoms. The topological polar surface area (TPSA) is 58.6 Å². The van der Waals surface area contributed by atoms with E-state index in [1.165, 1.54) is 12.1 Å². The van der Waals surface area contributed by atoms with Gasteiger partial charge in [0.1, 0.15) is 11.6 Å². The highest BCUT2D eigenvalue weighted by Gasteiger charge is 2.18. The van der Waals surface area contributed by atoms with Crippen LogP contribution < -0.4 is 10.1 Å². The summed E-state index contributed by atoms with van der Waals surface area (Å²) in [5, 5.41) is 11.7. The van der Waals surface area contributed by atoms with E-state index in [9.17, 15) is 9.18 Å². The summed E-state index contributed by atoms with van der Waals surface area (Å²) in [4.78, 5) is 11.6. The molecule has 0 fully saturated rings. The number of aliphatic hydroxyl groups is 1. The lowest BCUT2D eigenvalue weighted by atomic mass is 9.90. The quantitative estimate of drug-likeness (QED) is 0.813. The van der Waals surface area contributed by atoms with Crippen LogP contribution in [0.2, 0.25) is 5.02 Å². The summed E-state index contributed by atoms with van der Waals surface area (Å²) in [6, 6.07) is 3.71. The molecule has 0 aliphatic rings. The van der Waals surface area contributed by atoms with Crippen LogP contribution in [0.15, 0.2) is 18.2 Å². The summed E-state index contributed by atoms with van der Waals surface area (Å²) in [5.41, 5.74) is -0.183. The highest BCUT2D eigenvalue weighted by Crippen LogP contribution is 2.24. The summed E-state index contributed by atoms with van der Waals surface area (Å²) in [5.74, 6) is -0.494. The normalized spacial score (nSPS) is 11.2. The molecular formula is C14H19ClFNO3. The van der Waals surface area contributed by atoms with E-state index in [-0.39, 0.29) is 35.3 Å². The number of hydrogen-bond acceptors (Lipinski definition) is 3. The minimum Gasteiger partial charge on any atom is -0.482 e. The lowest BCUT2D eigenvalue weighted by Crippen LogP contribution is -2.37. The summed E-state index contributed by atoms with van der Waals surface area (Å²) in [7, 11) is 0. The van der Waals surface area contributed by atoms with Crippen molar-refractivity contribution in [2.24, 2.45) is 5.41 Å². The predicted octanol–water partition coefficient (Wildman–Crippen LogP) is 2.38. The number of carbonyl (C=O) groups is 1. The molecule has 0 aliphatic heterocycles. The summed E-state index contributed by atoms with van der Waals surface area (Å²) < 4.78 is 18.0. The standard InChI is InChI=1S/C14H19ClFNO3/c1-14(2,5-6-18)9-17-13(19)8-20-12-4-3-10(16)7-11(12)15/h3-4,7,18H,5-6,8-9H2,1-2H3,(H,17,19). The highest BCUT2D eigenvalue weighted by molar-refractivity contribution is 6.32. The molecule has 0 aromatic heterocycles. The number of hydrogen-bond donors (Lipinski definition) is 2. The van der Waals surface area contributed by atoms with E-state index in [4.69, 9.17) is 21.4 Å². The van der Waals surface area contributed by atoms with Crippen LogP contribution in [0.1, 0.15) is 20.3 Å². The first-order chi connectivity index (χ1) is 9.34. The number of nitrogens with one attached hydrogen (secondary N) is 1. The summed E-state index contributed by atoms with van der Waals surface area (Å²) >= 11 is 5.78. The number of benzene rings is 1. The molecule has 0 radical (unpaired) electrons. The lowest BCUT2D eigenvalue weighted by molar-refractivity contribution is -0.123. The minimum absolute atomic E-state index is 0.0740. The Labute approximate surface area is 122 Å². The van der Waals surface area contributed by atoms with E-state index >= 15 is 0 Å². The Hall–Kier alpha value is -1.33. The van der Waals surface area contributed by atoms with Crippen molar-refractivity contribution in [2.75, 3.05) is 19.8 Å². The van der Waals surface area contributed by atoms with Crippen LogP contribution in [0, 0.1) is 11.2 Å². The molecule has 4 nitrogen and oxygen atoms in total. The zero-order valence-corrected chi connectivity index (χ0v) is 12.3. The number of ether oxygens (including phenoxy) is 1. The molecule has 0 bridgehead atoms. The molecule has 0 unspecified atom stereocenters. The summed E-state index contributed by atoms with van der Waals surface area (Å²) in [6.07, 6.45) is 0.595. The average Bonchev–Trinajstić information content (AvgIpc) is 2.35. The van der Waals surface area contributed by atoms with E-state index < -0.39 is 5.82 Å². The monoisotopic (exact) mass is 303 g/mol. The molecule has 2 N–H and O–H groups in total. The van der Waals surface area contributed by atoms with Gasteiger partial charge < -0.3 is 15.2 Å². The SMILES string of the molecule is CC(C)(CCO)CNC(=O)COc1ccc(F)cc1Cl. The van der Waals surface area contributed by atoms with Gasteiger partial charge in [-0.2, -0.15) is 0 Å². The van der Waals surface area contributed by atoms with Gasteiger partial charge in [-0.1, -0.05) is 25.4 Å². The maximum atomic E-state index is 12.8. The van der Waals surface area contributed by atoms with E-state index in [0.717, 1.165) is 6.07 Å². The molecule has 1 aromatic carbocycles. The van der Waals surface area contributed by atoms with E-state index in [2.05, 4.69) is 5.32 Å². The third-order valence-corrected chi connectivity index (χ3v) is 3.10. The minimum atomic E-state index is -0.461. The number of amides is 1. The first-order valence-electron chi connectivity index (χ1n) is 6.29. The van der Waals surface area contributed by atoms with Gasteiger partial charge in [0.25, 0.3) is 5.91 Å². The van der Waals surface area contributed by atoms with Crippen molar-refractivity contribution in [3.05, 3.63) is 29.0 Å². The maximum absolute atomic E-state index is 12.8. The summed E-state index contributed by atoms with van der Waals surface area (Å²) in [6.45, 7) is 4.21. The van der Waals surface area contributed by atoms with Crippen LogP contribution >= 0.6 is 11.6 Å². The smallest absolute Gasteiger partial charge is 0.257 e. The van der Waals surface area contributed by atoms with Crippen molar-refractivity contribution in [3.63, 3.8) is 0 Å². The van der Waals surface area contributed by atoms with Gasteiger partial charge in [-0.05, 0) is 30.0 Å². The van der Waals surface area contributed by atoms with Crippen molar-refractivity contribution in [2.45, 2.75) is 20.3 Å². The van der Waals surface area contributed by atoms with Crippen molar-refractivity contribution in [1.29, 1.82) is 0 Å². The van der Waals surface area contributed by atoms with Crippen LogP contribution in [0.25, 0.3) is 0 Å². The number of carbonyl (C=O) groups excluding carboxylic acids is 1. The molecule has 1 aromatic rings. The predicted molar refractivity (Wildman–Crippen MR) is 75.4 cm³/mol. The van der Waals surface area contributed by atoms with Gasteiger partial charge in [0, 0.05) is 13.2 Å². The molecule has 1 rings (SSSR count). The van der Waals surface area contributed by atoms with Crippen molar-refractivity contribution >= 4 is 17.5 Å². The van der Waals surface area contributed by atoms with Crippen LogP contribution in [0.5, 0.6) is 5.75 Å². The Morgan fingerprint density at radius 3 is 2.80 bits per heavy atom. The van der Waals surface area contributed by atoms with E-state index in [0.29, 0.717) is 13.0 Å². The van der Waals surface area contributed by atoms with Gasteiger partial charge in [0.15, 0.2) is 6.61 Å². The second-order valence-electron chi connectivity index (χ2n) is 5.28. The Kier molecular flexibility index (Phi) is 6.23. The molecule has 0 heterocycles. The zero-order chi connectivity index (χ0) is 15.2. The Bertz CT molecular complexity index is 466. The van der Waals surface area contributed by atoms with Gasteiger partial charge in [-0.25, -0.2) is 4.39 Å². The molecule has 0 spiro atoms. The average molecular weight is 304 g/mol. The largest absolute Gasteiger partial charge is 0.482 e. The van der Waals surface area contributed by atoms with Gasteiger partial charge in [0.05, 0.1) is 5.02 Å². The maximum Gasteiger partial charge on any atom is 0.257 e. The Morgan fingerprint density at radius 1 is 1.50 bits per heavy atom. The van der Waals surface area contributed by atoms with Gasteiger partial charge >= 0.3 is 0 Å². The van der Waals surface area contributed by atoms with Crippen molar-refractivity contribution in [1.82, 2.24) is 5.32 Å². The number of halogens is 2. The van der Waals surface area contributed by atoms with Gasteiger partial charge in [0.2, 0.25) is 0 Å². The Morgan fingerprint density at radius 2 is 2.20 bits per heavy atom. The van der Waals surface area contributed by atoms with E-state index in [1.54, 1.807) is 0 Å². The molecule has 6 heteroatoms. The third-order valence-electron chi connectivity index (χ3n) is 2.81. The highest BCUT2D eigenvalue weighted by atomic mass is 35.5. The van der Waals surface area contributed by atoms with Crippen LogP contribution in [-0.2, 0) is 4.79 Å². The zero-order valence-electron chi connectivity index (χ0n) is 11.6. The van der Waals surface area contributed by atoms with Crippen molar-refractivity contribution in [3.8, 4) is 5.75 Å². The van der Waals surface area contributed by atoms with Crippen LogP contribution in [-0.4, -0.2) is 30.8 Å². The second kappa shape index (κ2) is 7.45. The fourth-order valence-corrected chi connectivity index (χ4v) is 1.74. The van der Waals surface area contributed by atoms with Gasteiger partial charge in [-0.15, -0.1) is 0 Å². The number of rotatable bonds is 7. The Balaban J connectivity index is 2.40. The third kappa shape index (κ3) is 5.75. The molecule has 0 saturated heterocycles. The second-order valence-corrected chi connectivity index (χ2v) is 5.69. The number of aliphatic hydroxyl groups excluding tert-OH is 1. The molecular weight excluding hydrogens is 285 g/mol. The molecule has 112 valence electrons. The molecule has 1 amide bonds.